The summed E-state index contributed by atoms with van der Waals surface area (Å²) in [6, 6.07) is 6.64. The molecular formula is C15H21N. The maximum atomic E-state index is 4.18. The van der Waals surface area contributed by atoms with E-state index in [9.17, 15) is 0 Å². The molecule has 0 aliphatic heterocycles. The fourth-order valence-electron chi connectivity index (χ4n) is 1.86. The van der Waals surface area contributed by atoms with Crippen molar-refractivity contribution in [1.29, 1.82) is 0 Å². The van der Waals surface area contributed by atoms with Crippen LogP contribution in [0.4, 0.5) is 0 Å². The molecule has 0 saturated heterocycles. The van der Waals surface area contributed by atoms with Gasteiger partial charge in [0.25, 0.3) is 0 Å². The SMILES string of the molecule is CC=N/C=C(\C)C(C)c1ccc(C)cc1C. The van der Waals surface area contributed by atoms with E-state index in [4.69, 9.17) is 0 Å². The molecule has 0 N–H and O–H groups in total. The predicted molar refractivity (Wildman–Crippen MR) is 72.3 cm³/mol. The van der Waals surface area contributed by atoms with Gasteiger partial charge in [-0.25, -0.2) is 0 Å². The molecule has 1 heteroatoms. The zero-order chi connectivity index (χ0) is 12.1. The first-order valence-electron chi connectivity index (χ1n) is 5.78. The minimum atomic E-state index is 0.435. The Kier molecular flexibility index (Phi) is 4.48. The molecule has 0 heterocycles. The molecule has 0 saturated carbocycles. The van der Waals surface area contributed by atoms with E-state index in [0.29, 0.717) is 5.92 Å². The van der Waals surface area contributed by atoms with Crippen molar-refractivity contribution < 1.29 is 0 Å². The largest absolute Gasteiger partial charge is 0.269 e. The van der Waals surface area contributed by atoms with E-state index in [-0.39, 0.29) is 0 Å². The third-order valence-electron chi connectivity index (χ3n) is 3.00. The quantitative estimate of drug-likeness (QED) is 0.663. The van der Waals surface area contributed by atoms with Crippen LogP contribution in [0.3, 0.4) is 0 Å². The van der Waals surface area contributed by atoms with Crippen molar-refractivity contribution in [3.8, 4) is 0 Å². The highest BCUT2D eigenvalue weighted by molar-refractivity contribution is 5.54. The lowest BCUT2D eigenvalue weighted by Crippen LogP contribution is -1.98. The standard InChI is InChI=1S/C15H21N/c1-6-16-10-13(4)14(5)15-8-7-11(2)9-12(15)3/h6-10,14H,1-5H3/b13-10+,16-6?. The molecule has 1 aromatic carbocycles. The van der Waals surface area contributed by atoms with E-state index in [1.165, 1.54) is 22.3 Å². The minimum Gasteiger partial charge on any atom is -0.269 e. The Bertz CT molecular complexity index is 413. The van der Waals surface area contributed by atoms with Gasteiger partial charge in [-0.2, -0.15) is 0 Å². The third-order valence-corrected chi connectivity index (χ3v) is 3.00. The van der Waals surface area contributed by atoms with Crippen LogP contribution in [0.25, 0.3) is 0 Å². The smallest absolute Gasteiger partial charge is 0.0259 e. The second-order valence-electron chi connectivity index (χ2n) is 4.36. The van der Waals surface area contributed by atoms with Gasteiger partial charge >= 0.3 is 0 Å². The van der Waals surface area contributed by atoms with Crippen LogP contribution >= 0.6 is 0 Å². The van der Waals surface area contributed by atoms with Gasteiger partial charge in [-0.1, -0.05) is 30.7 Å². The summed E-state index contributed by atoms with van der Waals surface area (Å²) in [6.07, 6.45) is 3.77. The molecule has 0 aliphatic carbocycles. The third kappa shape index (κ3) is 3.06. The molecule has 0 fully saturated rings. The van der Waals surface area contributed by atoms with Crippen LogP contribution in [-0.2, 0) is 0 Å². The molecule has 0 radical (unpaired) electrons. The Morgan fingerprint density at radius 1 is 1.31 bits per heavy atom. The Balaban J connectivity index is 3.00. The van der Waals surface area contributed by atoms with Gasteiger partial charge in [0, 0.05) is 18.3 Å². The highest BCUT2D eigenvalue weighted by Gasteiger charge is 2.09. The number of hydrogen-bond acceptors (Lipinski definition) is 1. The zero-order valence-corrected chi connectivity index (χ0v) is 10.9. The molecule has 0 bridgehead atoms. The van der Waals surface area contributed by atoms with Gasteiger partial charge in [-0.15, -0.1) is 0 Å². The second-order valence-corrected chi connectivity index (χ2v) is 4.36. The highest BCUT2D eigenvalue weighted by Crippen LogP contribution is 2.26. The maximum absolute atomic E-state index is 4.18. The van der Waals surface area contributed by atoms with Crippen LogP contribution in [0.5, 0.6) is 0 Å². The fraction of sp³-hybridized carbons (Fsp3) is 0.400. The van der Waals surface area contributed by atoms with Gasteiger partial charge in [0.2, 0.25) is 0 Å². The van der Waals surface area contributed by atoms with Gasteiger partial charge in [0.15, 0.2) is 0 Å². The number of aliphatic imine (C=N–C) groups is 1. The second kappa shape index (κ2) is 5.64. The summed E-state index contributed by atoms with van der Waals surface area (Å²) in [7, 11) is 0. The Morgan fingerprint density at radius 2 is 2.00 bits per heavy atom. The molecular weight excluding hydrogens is 194 g/mol. The first-order valence-corrected chi connectivity index (χ1v) is 5.78. The fourth-order valence-corrected chi connectivity index (χ4v) is 1.86. The van der Waals surface area contributed by atoms with Gasteiger partial charge in [-0.3, -0.25) is 4.99 Å². The number of allylic oxidation sites excluding steroid dienone is 1. The number of rotatable bonds is 3. The van der Waals surface area contributed by atoms with Crippen molar-refractivity contribution in [3.63, 3.8) is 0 Å². The summed E-state index contributed by atoms with van der Waals surface area (Å²) in [4.78, 5) is 4.18. The lowest BCUT2D eigenvalue weighted by molar-refractivity contribution is 0.877. The normalized spacial score (nSPS) is 14.4. The number of benzene rings is 1. The lowest BCUT2D eigenvalue weighted by Gasteiger charge is -2.15. The van der Waals surface area contributed by atoms with Crippen LogP contribution < -0.4 is 0 Å². The molecule has 0 aliphatic rings. The first kappa shape index (κ1) is 12.7. The predicted octanol–water partition coefficient (Wildman–Crippen LogP) is 4.40. The minimum absolute atomic E-state index is 0.435. The van der Waals surface area contributed by atoms with Gasteiger partial charge < -0.3 is 0 Å². The Hall–Kier alpha value is -1.37. The molecule has 0 spiro atoms. The van der Waals surface area contributed by atoms with Crippen molar-refractivity contribution in [2.45, 2.75) is 40.5 Å². The topological polar surface area (TPSA) is 12.4 Å². The van der Waals surface area contributed by atoms with Crippen molar-refractivity contribution in [1.82, 2.24) is 0 Å². The monoisotopic (exact) mass is 215 g/mol. The highest BCUT2D eigenvalue weighted by atomic mass is 14.7. The molecule has 0 amide bonds. The molecule has 1 unspecified atom stereocenters. The van der Waals surface area contributed by atoms with Crippen molar-refractivity contribution in [3.05, 3.63) is 46.7 Å². The van der Waals surface area contributed by atoms with E-state index >= 15 is 0 Å². The number of hydrogen-bond donors (Lipinski definition) is 0. The summed E-state index contributed by atoms with van der Waals surface area (Å²) in [5, 5.41) is 0. The Morgan fingerprint density at radius 3 is 2.56 bits per heavy atom. The maximum Gasteiger partial charge on any atom is 0.0259 e. The number of aryl methyl sites for hydroxylation is 2. The zero-order valence-electron chi connectivity index (χ0n) is 10.9. The van der Waals surface area contributed by atoms with E-state index < -0.39 is 0 Å². The molecule has 86 valence electrons. The van der Waals surface area contributed by atoms with E-state index in [0.717, 1.165) is 0 Å². The average Bonchev–Trinajstić information content (AvgIpc) is 2.25. The molecule has 16 heavy (non-hydrogen) atoms. The summed E-state index contributed by atoms with van der Waals surface area (Å²) < 4.78 is 0. The summed E-state index contributed by atoms with van der Waals surface area (Å²) >= 11 is 0. The van der Waals surface area contributed by atoms with Gasteiger partial charge in [-0.05, 0) is 44.4 Å². The first-order chi connectivity index (χ1) is 7.56. The van der Waals surface area contributed by atoms with Crippen LogP contribution in [0, 0.1) is 13.8 Å². The van der Waals surface area contributed by atoms with Crippen molar-refractivity contribution in [2.24, 2.45) is 4.99 Å². The molecule has 1 rings (SSSR count). The van der Waals surface area contributed by atoms with E-state index in [2.05, 4.69) is 50.9 Å². The van der Waals surface area contributed by atoms with Crippen LogP contribution in [-0.4, -0.2) is 6.21 Å². The lowest BCUT2D eigenvalue weighted by atomic mass is 9.90. The summed E-state index contributed by atoms with van der Waals surface area (Å²) in [5.41, 5.74) is 5.37. The van der Waals surface area contributed by atoms with Gasteiger partial charge in [0.1, 0.15) is 0 Å². The Labute approximate surface area is 98.9 Å². The van der Waals surface area contributed by atoms with Crippen molar-refractivity contribution >= 4 is 6.21 Å². The van der Waals surface area contributed by atoms with Crippen LogP contribution in [0.15, 0.2) is 35.0 Å². The summed E-state index contributed by atoms with van der Waals surface area (Å²) in [6.45, 7) is 10.6. The molecule has 1 atom stereocenters. The van der Waals surface area contributed by atoms with Gasteiger partial charge in [0.05, 0.1) is 0 Å². The number of nitrogens with zero attached hydrogens (tertiary/aromatic N) is 1. The van der Waals surface area contributed by atoms with Crippen LogP contribution in [0.2, 0.25) is 0 Å². The molecule has 1 aromatic rings. The average molecular weight is 215 g/mol. The summed E-state index contributed by atoms with van der Waals surface area (Å²) in [5.74, 6) is 0.435. The van der Waals surface area contributed by atoms with Crippen molar-refractivity contribution in [2.75, 3.05) is 0 Å². The molecule has 0 aromatic heterocycles. The molecule has 1 nitrogen and oxygen atoms in total. The van der Waals surface area contributed by atoms with E-state index in [1.54, 1.807) is 0 Å². The van der Waals surface area contributed by atoms with Crippen LogP contribution in [0.1, 0.15) is 43.4 Å². The van der Waals surface area contributed by atoms with E-state index in [1.807, 2.05) is 19.3 Å².